The number of carbonyl (C=O) groups excluding carboxylic acids is 1. The average Bonchev–Trinajstić information content (AvgIpc) is 2.37. The van der Waals surface area contributed by atoms with Crippen LogP contribution in [0.2, 0.25) is 0 Å². The Kier molecular flexibility index (Phi) is 4.51. The van der Waals surface area contributed by atoms with Crippen molar-refractivity contribution in [2.45, 2.75) is 20.8 Å². The number of aryl methyl sites for hydroxylation is 3. The van der Waals surface area contributed by atoms with Crippen molar-refractivity contribution in [3.8, 4) is 5.75 Å². The molecule has 0 bridgehead atoms. The minimum absolute atomic E-state index is 0.0649. The molecule has 0 aliphatic heterocycles. The summed E-state index contributed by atoms with van der Waals surface area (Å²) in [6, 6.07) is 10.2. The quantitative estimate of drug-likeness (QED) is 0.688. The molecule has 0 heterocycles. The molecule has 21 heavy (non-hydrogen) atoms. The van der Waals surface area contributed by atoms with Crippen molar-refractivity contribution in [2.75, 3.05) is 0 Å². The lowest BCUT2D eigenvalue weighted by Crippen LogP contribution is -2.06. The Morgan fingerprint density at radius 3 is 2.05 bits per heavy atom. The van der Waals surface area contributed by atoms with Gasteiger partial charge in [0.15, 0.2) is 11.5 Å². The number of hydrogen-bond donors (Lipinski definition) is 1. The molecule has 2 aromatic rings. The molecular formula is C16H16O4P+. The zero-order valence-corrected chi connectivity index (χ0v) is 13.0. The summed E-state index contributed by atoms with van der Waals surface area (Å²) in [5.41, 5.74) is 4.22. The minimum atomic E-state index is -2.69. The molecule has 0 aliphatic carbocycles. The molecule has 0 amide bonds. The van der Waals surface area contributed by atoms with Gasteiger partial charge >= 0.3 is 8.25 Å². The SMILES string of the molecule is Cc1cc(C)c(C(=O)c2ccc(O[P+](=O)O)cc2)c(C)c1. The summed E-state index contributed by atoms with van der Waals surface area (Å²) in [6.45, 7) is 5.83. The third-order valence-corrected chi connectivity index (χ3v) is 3.57. The van der Waals surface area contributed by atoms with Gasteiger partial charge in [0.05, 0.1) is 0 Å². The first-order chi connectivity index (χ1) is 9.88. The van der Waals surface area contributed by atoms with E-state index in [9.17, 15) is 9.36 Å². The van der Waals surface area contributed by atoms with Gasteiger partial charge < -0.3 is 0 Å². The molecule has 2 aromatic carbocycles. The molecule has 0 aliphatic rings. The van der Waals surface area contributed by atoms with Crippen molar-refractivity contribution < 1.29 is 18.8 Å². The molecule has 0 fully saturated rings. The van der Waals surface area contributed by atoms with E-state index in [0.717, 1.165) is 16.7 Å². The van der Waals surface area contributed by atoms with Crippen molar-refractivity contribution in [2.24, 2.45) is 0 Å². The van der Waals surface area contributed by atoms with Crippen molar-refractivity contribution in [1.82, 2.24) is 0 Å². The van der Waals surface area contributed by atoms with E-state index in [2.05, 4.69) is 4.52 Å². The standard InChI is InChI=1S/C16H15O4P/c1-10-8-11(2)15(12(3)9-10)16(17)13-4-6-14(7-5-13)20-21(18)19/h4-9H,1-3H3/p+1. The molecule has 0 saturated heterocycles. The van der Waals surface area contributed by atoms with Crippen LogP contribution >= 0.6 is 8.25 Å². The van der Waals surface area contributed by atoms with E-state index in [0.29, 0.717) is 11.1 Å². The third kappa shape index (κ3) is 3.54. The number of hydrogen-bond acceptors (Lipinski definition) is 3. The molecule has 4 nitrogen and oxygen atoms in total. The largest absolute Gasteiger partial charge is 0.747 e. The number of benzene rings is 2. The van der Waals surface area contributed by atoms with Gasteiger partial charge in [0.2, 0.25) is 0 Å². The first-order valence-corrected chi connectivity index (χ1v) is 7.58. The summed E-state index contributed by atoms with van der Waals surface area (Å²) in [5, 5.41) is 0. The summed E-state index contributed by atoms with van der Waals surface area (Å²) in [7, 11) is -2.69. The summed E-state index contributed by atoms with van der Waals surface area (Å²) >= 11 is 0. The van der Waals surface area contributed by atoms with Crippen molar-refractivity contribution >= 4 is 14.0 Å². The smallest absolute Gasteiger partial charge is 0.289 e. The van der Waals surface area contributed by atoms with Crippen LogP contribution < -0.4 is 4.52 Å². The van der Waals surface area contributed by atoms with E-state index < -0.39 is 8.25 Å². The first kappa shape index (κ1) is 15.4. The van der Waals surface area contributed by atoms with Crippen LogP contribution in [0.4, 0.5) is 0 Å². The second kappa shape index (κ2) is 6.17. The monoisotopic (exact) mass is 303 g/mol. The topological polar surface area (TPSA) is 63.6 Å². The fourth-order valence-corrected chi connectivity index (χ4v) is 2.74. The van der Waals surface area contributed by atoms with Crippen LogP contribution in [0.25, 0.3) is 0 Å². The molecular weight excluding hydrogens is 287 g/mol. The minimum Gasteiger partial charge on any atom is -0.289 e. The third-order valence-electron chi connectivity index (χ3n) is 3.20. The van der Waals surface area contributed by atoms with Crippen molar-refractivity contribution in [3.63, 3.8) is 0 Å². The van der Waals surface area contributed by atoms with Gasteiger partial charge in [-0.2, -0.15) is 0 Å². The maximum atomic E-state index is 12.6. The van der Waals surface area contributed by atoms with Gasteiger partial charge in [-0.1, -0.05) is 17.7 Å². The van der Waals surface area contributed by atoms with Gasteiger partial charge in [0.25, 0.3) is 0 Å². The van der Waals surface area contributed by atoms with Crippen molar-refractivity contribution in [3.05, 3.63) is 64.2 Å². The van der Waals surface area contributed by atoms with E-state index >= 15 is 0 Å². The summed E-state index contributed by atoms with van der Waals surface area (Å²) < 4.78 is 15.3. The average molecular weight is 303 g/mol. The highest BCUT2D eigenvalue weighted by Gasteiger charge is 2.17. The molecule has 1 N–H and O–H groups in total. The molecule has 1 unspecified atom stereocenters. The lowest BCUT2D eigenvalue weighted by atomic mass is 9.93. The van der Waals surface area contributed by atoms with E-state index in [-0.39, 0.29) is 11.5 Å². The van der Waals surface area contributed by atoms with Crippen LogP contribution in [-0.2, 0) is 4.57 Å². The van der Waals surface area contributed by atoms with Gasteiger partial charge in [-0.25, -0.2) is 4.52 Å². The summed E-state index contributed by atoms with van der Waals surface area (Å²) in [5.74, 6) is 0.192. The summed E-state index contributed by atoms with van der Waals surface area (Å²) in [6.07, 6.45) is 0. The zero-order chi connectivity index (χ0) is 15.6. The van der Waals surface area contributed by atoms with E-state index in [1.165, 1.54) is 12.1 Å². The Bertz CT molecular complexity index is 682. The van der Waals surface area contributed by atoms with Crippen LogP contribution in [0.5, 0.6) is 5.75 Å². The molecule has 2 rings (SSSR count). The van der Waals surface area contributed by atoms with Gasteiger partial charge in [-0.15, -0.1) is 4.89 Å². The fourth-order valence-electron chi connectivity index (χ4n) is 2.44. The second-order valence-electron chi connectivity index (χ2n) is 4.96. The highest BCUT2D eigenvalue weighted by atomic mass is 31.1. The van der Waals surface area contributed by atoms with Gasteiger partial charge in [-0.05, 0) is 56.2 Å². The zero-order valence-electron chi connectivity index (χ0n) is 12.1. The molecule has 5 heteroatoms. The molecule has 0 radical (unpaired) electrons. The van der Waals surface area contributed by atoms with Gasteiger partial charge in [0.1, 0.15) is 0 Å². The Morgan fingerprint density at radius 2 is 1.57 bits per heavy atom. The Balaban J connectivity index is 2.34. The number of ketones is 1. The summed E-state index contributed by atoms with van der Waals surface area (Å²) in [4.78, 5) is 21.3. The Hall–Kier alpha value is -2.03. The van der Waals surface area contributed by atoms with Gasteiger partial charge in [0, 0.05) is 15.7 Å². The first-order valence-electron chi connectivity index (χ1n) is 6.45. The van der Waals surface area contributed by atoms with Gasteiger partial charge in [-0.3, -0.25) is 4.79 Å². The van der Waals surface area contributed by atoms with Crippen LogP contribution in [-0.4, -0.2) is 10.7 Å². The highest BCUT2D eigenvalue weighted by molar-refractivity contribution is 7.32. The van der Waals surface area contributed by atoms with E-state index in [1.54, 1.807) is 12.1 Å². The molecule has 0 spiro atoms. The lowest BCUT2D eigenvalue weighted by molar-refractivity contribution is 0.103. The van der Waals surface area contributed by atoms with Crippen molar-refractivity contribution in [1.29, 1.82) is 0 Å². The predicted molar refractivity (Wildman–Crippen MR) is 81.0 cm³/mol. The van der Waals surface area contributed by atoms with E-state index in [1.807, 2.05) is 32.9 Å². The Morgan fingerprint density at radius 1 is 1.05 bits per heavy atom. The van der Waals surface area contributed by atoms with Crippen LogP contribution in [0.15, 0.2) is 36.4 Å². The second-order valence-corrected chi connectivity index (χ2v) is 5.61. The molecule has 0 aromatic heterocycles. The number of rotatable bonds is 4. The predicted octanol–water partition coefficient (Wildman–Crippen LogP) is 3.87. The normalized spacial score (nSPS) is 11.1. The molecule has 108 valence electrons. The van der Waals surface area contributed by atoms with Crippen LogP contribution in [0.1, 0.15) is 32.6 Å². The van der Waals surface area contributed by atoms with Crippen LogP contribution in [0, 0.1) is 20.8 Å². The van der Waals surface area contributed by atoms with Crippen LogP contribution in [0.3, 0.4) is 0 Å². The molecule has 1 atom stereocenters. The highest BCUT2D eigenvalue weighted by Crippen LogP contribution is 2.25. The fraction of sp³-hybridized carbons (Fsp3) is 0.188. The lowest BCUT2D eigenvalue weighted by Gasteiger charge is -2.10. The maximum Gasteiger partial charge on any atom is 0.747 e. The Labute approximate surface area is 124 Å². The number of carbonyl (C=O) groups is 1. The molecule has 0 saturated carbocycles. The maximum absolute atomic E-state index is 12.6. The van der Waals surface area contributed by atoms with E-state index in [4.69, 9.17) is 4.89 Å².